The minimum absolute atomic E-state index is 0.169. The van der Waals surface area contributed by atoms with E-state index in [1.807, 2.05) is 65.0 Å². The fourth-order valence-electron chi connectivity index (χ4n) is 4.47. The lowest BCUT2D eigenvalue weighted by atomic mass is 9.59. The Morgan fingerprint density at radius 3 is 1.93 bits per heavy atom. The van der Waals surface area contributed by atoms with Crippen molar-refractivity contribution < 1.29 is 23.9 Å². The molecule has 0 spiro atoms. The Balaban J connectivity index is 1.66. The van der Waals surface area contributed by atoms with E-state index in [1.165, 1.54) is 0 Å². The molecule has 0 aromatic heterocycles. The zero-order valence-electron chi connectivity index (χ0n) is 18.3. The summed E-state index contributed by atoms with van der Waals surface area (Å²) in [6, 6.07) is 10.0. The fraction of sp³-hybridized carbons (Fsp3) is 0.727. The third kappa shape index (κ3) is 2.80. The Morgan fingerprint density at radius 1 is 0.929 bits per heavy atom. The second kappa shape index (κ2) is 5.82. The van der Waals surface area contributed by atoms with E-state index < -0.39 is 35.5 Å². The smallest absolute Gasteiger partial charge is 0.401 e. The number of rotatable bonds is 4. The van der Waals surface area contributed by atoms with E-state index in [9.17, 15) is 5.11 Å². The van der Waals surface area contributed by atoms with Crippen molar-refractivity contribution >= 4 is 7.12 Å². The Hall–Kier alpha value is -0.915. The van der Waals surface area contributed by atoms with Crippen molar-refractivity contribution in [1.82, 2.24) is 0 Å². The van der Waals surface area contributed by atoms with E-state index in [0.717, 1.165) is 5.56 Å². The third-order valence-corrected chi connectivity index (χ3v) is 6.99. The van der Waals surface area contributed by atoms with Crippen molar-refractivity contribution in [1.29, 1.82) is 0 Å². The molecule has 3 heterocycles. The van der Waals surface area contributed by atoms with Crippen LogP contribution in [0.5, 0.6) is 0 Å². The van der Waals surface area contributed by atoms with Crippen LogP contribution in [0.1, 0.15) is 67.1 Å². The molecule has 0 aliphatic carbocycles. The topological polar surface area (TPSA) is 63.8 Å². The molecule has 0 saturated carbocycles. The van der Waals surface area contributed by atoms with Gasteiger partial charge in [-0.05, 0) is 45.6 Å². The van der Waals surface area contributed by atoms with Crippen molar-refractivity contribution in [3.05, 3.63) is 35.9 Å². The zero-order chi connectivity index (χ0) is 20.8. The summed E-state index contributed by atoms with van der Waals surface area (Å²) in [7, 11) is -0.658. The average molecular weight is 388 g/mol. The normalized spacial score (nSPS) is 39.7. The molecule has 1 N–H and O–H groups in total. The summed E-state index contributed by atoms with van der Waals surface area (Å²) in [5, 5.41) is 11.6. The van der Waals surface area contributed by atoms with Crippen molar-refractivity contribution in [2.24, 2.45) is 5.41 Å². The van der Waals surface area contributed by atoms with E-state index in [2.05, 4.69) is 20.8 Å². The first-order valence-electron chi connectivity index (χ1n) is 10.2. The summed E-state index contributed by atoms with van der Waals surface area (Å²) >= 11 is 0. The van der Waals surface area contributed by atoms with Crippen LogP contribution in [0.4, 0.5) is 0 Å². The molecule has 154 valence electrons. The molecule has 3 fully saturated rings. The first kappa shape index (κ1) is 20.4. The molecule has 4 rings (SSSR count). The second-order valence-electron chi connectivity index (χ2n) is 10.8. The summed E-state index contributed by atoms with van der Waals surface area (Å²) in [4.78, 5) is 0. The number of aliphatic hydroxyl groups is 1. The number of epoxide rings is 2. The highest BCUT2D eigenvalue weighted by atomic mass is 16.7. The van der Waals surface area contributed by atoms with Gasteiger partial charge >= 0.3 is 7.12 Å². The number of ether oxygens (including phenoxy) is 2. The molecule has 0 bridgehead atoms. The lowest BCUT2D eigenvalue weighted by Gasteiger charge is -2.32. The minimum atomic E-state index is -0.957. The number of aliphatic hydroxyl groups excluding tert-OH is 1. The average Bonchev–Trinajstić information content (AvgIpc) is 3.46. The first-order chi connectivity index (χ1) is 12.8. The van der Waals surface area contributed by atoms with E-state index in [-0.39, 0.29) is 17.6 Å². The van der Waals surface area contributed by atoms with Gasteiger partial charge in [0.05, 0.1) is 17.3 Å². The summed E-state index contributed by atoms with van der Waals surface area (Å²) in [5.41, 5.74) is -1.81. The van der Waals surface area contributed by atoms with Crippen molar-refractivity contribution in [2.75, 3.05) is 0 Å². The lowest BCUT2D eigenvalue weighted by molar-refractivity contribution is 0.00578. The number of benzene rings is 1. The molecule has 3 aliphatic heterocycles. The summed E-state index contributed by atoms with van der Waals surface area (Å²) in [6.45, 7) is 16.4. The van der Waals surface area contributed by atoms with Crippen molar-refractivity contribution in [3.8, 4) is 0 Å². The molecule has 1 aromatic carbocycles. The van der Waals surface area contributed by atoms with E-state index in [1.54, 1.807) is 0 Å². The SMILES string of the molecule is CC(C)(C)C1OC1(B1OC(C)(C)C(C)(C)O1)C(O)C1(C)OC1c1ccccc1. The first-order valence-corrected chi connectivity index (χ1v) is 10.2. The summed E-state index contributed by atoms with van der Waals surface area (Å²) in [6.07, 6.45) is -1.25. The molecule has 3 saturated heterocycles. The summed E-state index contributed by atoms with van der Waals surface area (Å²) in [5.74, 6) is 0. The van der Waals surface area contributed by atoms with Gasteiger partial charge in [-0.15, -0.1) is 0 Å². The van der Waals surface area contributed by atoms with Gasteiger partial charge in [-0.25, -0.2) is 0 Å². The maximum atomic E-state index is 11.6. The number of hydrogen-bond acceptors (Lipinski definition) is 5. The predicted octanol–water partition coefficient (Wildman–Crippen LogP) is 3.69. The van der Waals surface area contributed by atoms with E-state index >= 15 is 0 Å². The van der Waals surface area contributed by atoms with Gasteiger partial charge < -0.3 is 23.9 Å². The molecule has 5 unspecified atom stereocenters. The largest absolute Gasteiger partial charge is 0.498 e. The Labute approximate surface area is 168 Å². The van der Waals surface area contributed by atoms with Crippen LogP contribution in [-0.4, -0.2) is 46.7 Å². The molecule has 3 aliphatic rings. The van der Waals surface area contributed by atoms with Gasteiger partial charge in [0, 0.05) is 0 Å². The highest BCUT2D eigenvalue weighted by Crippen LogP contribution is 2.62. The van der Waals surface area contributed by atoms with Gasteiger partial charge in [0.15, 0.2) is 5.50 Å². The van der Waals surface area contributed by atoms with E-state index in [4.69, 9.17) is 18.8 Å². The van der Waals surface area contributed by atoms with Crippen LogP contribution in [0.2, 0.25) is 0 Å². The molecule has 0 amide bonds. The standard InChI is InChI=1S/C22H33BO5/c1-18(2,3)17-22(26-17,23-27-19(4,5)20(6,7)28-23)16(24)21(8)15(25-21)14-12-10-9-11-13-14/h9-13,15-17,24H,1-8H3. The molecular weight excluding hydrogens is 355 g/mol. The van der Waals surface area contributed by atoms with Crippen LogP contribution in [0.15, 0.2) is 30.3 Å². The van der Waals surface area contributed by atoms with Crippen LogP contribution < -0.4 is 0 Å². The monoisotopic (exact) mass is 388 g/mol. The molecule has 5 nitrogen and oxygen atoms in total. The van der Waals surface area contributed by atoms with Gasteiger partial charge in [0.25, 0.3) is 0 Å². The van der Waals surface area contributed by atoms with Crippen LogP contribution in [0.3, 0.4) is 0 Å². The van der Waals surface area contributed by atoms with Crippen molar-refractivity contribution in [2.45, 2.75) is 96.0 Å². The lowest BCUT2D eigenvalue weighted by Crippen LogP contribution is -2.55. The van der Waals surface area contributed by atoms with E-state index in [0.29, 0.717) is 0 Å². The predicted molar refractivity (Wildman–Crippen MR) is 108 cm³/mol. The quantitative estimate of drug-likeness (QED) is 0.630. The third-order valence-electron chi connectivity index (χ3n) is 6.99. The molecule has 1 aromatic rings. The fourth-order valence-corrected chi connectivity index (χ4v) is 4.47. The molecule has 6 heteroatoms. The number of hydrogen-bond donors (Lipinski definition) is 1. The summed E-state index contributed by atoms with van der Waals surface area (Å²) < 4.78 is 25.0. The van der Waals surface area contributed by atoms with Gasteiger partial charge in [-0.2, -0.15) is 0 Å². The highest BCUT2D eigenvalue weighted by molar-refractivity contribution is 6.51. The Bertz CT molecular complexity index is 742. The molecule has 0 radical (unpaired) electrons. The highest BCUT2D eigenvalue weighted by Gasteiger charge is 2.82. The maximum Gasteiger partial charge on any atom is 0.498 e. The zero-order valence-corrected chi connectivity index (χ0v) is 18.3. The van der Waals surface area contributed by atoms with Crippen LogP contribution >= 0.6 is 0 Å². The van der Waals surface area contributed by atoms with Gasteiger partial charge in [0.2, 0.25) is 0 Å². The Morgan fingerprint density at radius 2 is 1.46 bits per heavy atom. The van der Waals surface area contributed by atoms with Crippen molar-refractivity contribution in [3.63, 3.8) is 0 Å². The van der Waals surface area contributed by atoms with Crippen LogP contribution in [0, 0.1) is 5.41 Å². The minimum Gasteiger partial charge on any atom is -0.401 e. The van der Waals surface area contributed by atoms with Gasteiger partial charge in [0.1, 0.15) is 17.8 Å². The molecular formula is C22H33BO5. The molecule has 5 atom stereocenters. The van der Waals surface area contributed by atoms with Gasteiger partial charge in [-0.1, -0.05) is 51.1 Å². The van der Waals surface area contributed by atoms with Crippen LogP contribution in [-0.2, 0) is 18.8 Å². The second-order valence-corrected chi connectivity index (χ2v) is 10.8. The maximum absolute atomic E-state index is 11.6. The van der Waals surface area contributed by atoms with Gasteiger partial charge in [-0.3, -0.25) is 0 Å². The Kier molecular flexibility index (Phi) is 4.24. The van der Waals surface area contributed by atoms with Crippen LogP contribution in [0.25, 0.3) is 0 Å². The molecule has 28 heavy (non-hydrogen) atoms.